The SMILES string of the molecule is COC(O)C(O)Cc1ccc2c(c1)C(=O)C=CC2=O. The maximum atomic E-state index is 11.7. The largest absolute Gasteiger partial charge is 0.387 e. The van der Waals surface area contributed by atoms with Crippen molar-refractivity contribution in [1.29, 1.82) is 0 Å². The second kappa shape index (κ2) is 5.44. The molecule has 2 rings (SSSR count). The van der Waals surface area contributed by atoms with Crippen molar-refractivity contribution in [1.82, 2.24) is 0 Å². The minimum Gasteiger partial charge on any atom is -0.387 e. The number of fused-ring (bicyclic) bond motifs is 1. The Morgan fingerprint density at radius 2 is 1.74 bits per heavy atom. The van der Waals surface area contributed by atoms with Gasteiger partial charge in [0.05, 0.1) is 0 Å². The van der Waals surface area contributed by atoms with E-state index in [0.717, 1.165) is 0 Å². The summed E-state index contributed by atoms with van der Waals surface area (Å²) in [4.78, 5) is 23.3. The van der Waals surface area contributed by atoms with Crippen LogP contribution in [-0.2, 0) is 11.2 Å². The van der Waals surface area contributed by atoms with Crippen LogP contribution >= 0.6 is 0 Å². The smallest absolute Gasteiger partial charge is 0.186 e. The predicted molar refractivity (Wildman–Crippen MR) is 67.0 cm³/mol. The first kappa shape index (κ1) is 13.6. The van der Waals surface area contributed by atoms with Crippen molar-refractivity contribution in [3.05, 3.63) is 47.0 Å². The number of aliphatic hydroxyl groups excluding tert-OH is 2. The molecule has 1 aliphatic carbocycles. The summed E-state index contributed by atoms with van der Waals surface area (Å²) in [6, 6.07) is 4.76. The van der Waals surface area contributed by atoms with Gasteiger partial charge in [-0.1, -0.05) is 12.1 Å². The number of rotatable bonds is 4. The Kier molecular flexibility index (Phi) is 3.90. The molecule has 0 aliphatic heterocycles. The molecule has 5 nitrogen and oxygen atoms in total. The lowest BCUT2D eigenvalue weighted by Gasteiger charge is -2.17. The molecular weight excluding hydrogens is 248 g/mol. The third-order valence-corrected chi connectivity index (χ3v) is 3.02. The molecule has 2 N–H and O–H groups in total. The molecule has 0 aromatic heterocycles. The third-order valence-electron chi connectivity index (χ3n) is 3.02. The number of methoxy groups -OCH3 is 1. The van der Waals surface area contributed by atoms with Gasteiger partial charge in [0.2, 0.25) is 0 Å². The highest BCUT2D eigenvalue weighted by atomic mass is 16.6. The molecule has 1 aliphatic rings. The van der Waals surface area contributed by atoms with Crippen molar-refractivity contribution in [2.24, 2.45) is 0 Å². The molecule has 0 radical (unpaired) electrons. The topological polar surface area (TPSA) is 83.8 Å². The normalized spacial score (nSPS) is 17.2. The van der Waals surface area contributed by atoms with E-state index in [1.807, 2.05) is 0 Å². The molecule has 5 heteroatoms. The summed E-state index contributed by atoms with van der Waals surface area (Å²) in [7, 11) is 1.29. The number of ether oxygens (including phenoxy) is 1. The number of aliphatic hydroxyl groups is 2. The van der Waals surface area contributed by atoms with Crippen LogP contribution in [0.5, 0.6) is 0 Å². The van der Waals surface area contributed by atoms with E-state index in [0.29, 0.717) is 16.7 Å². The summed E-state index contributed by atoms with van der Waals surface area (Å²) < 4.78 is 4.61. The van der Waals surface area contributed by atoms with Gasteiger partial charge in [0.1, 0.15) is 6.10 Å². The summed E-state index contributed by atoms with van der Waals surface area (Å²) in [5.74, 6) is -0.447. The van der Waals surface area contributed by atoms with Crippen LogP contribution in [0.15, 0.2) is 30.4 Å². The quantitative estimate of drug-likeness (QED) is 0.771. The van der Waals surface area contributed by atoms with Gasteiger partial charge in [-0.3, -0.25) is 9.59 Å². The maximum Gasteiger partial charge on any atom is 0.186 e. The lowest BCUT2D eigenvalue weighted by atomic mass is 9.92. The summed E-state index contributed by atoms with van der Waals surface area (Å²) in [5, 5.41) is 19.0. The number of hydrogen-bond donors (Lipinski definition) is 2. The molecule has 2 atom stereocenters. The molecule has 0 heterocycles. The number of hydrogen-bond acceptors (Lipinski definition) is 5. The van der Waals surface area contributed by atoms with Gasteiger partial charge in [-0.05, 0) is 23.8 Å². The van der Waals surface area contributed by atoms with E-state index in [-0.39, 0.29) is 18.0 Å². The molecule has 0 bridgehead atoms. The zero-order chi connectivity index (χ0) is 14.0. The highest BCUT2D eigenvalue weighted by Crippen LogP contribution is 2.19. The van der Waals surface area contributed by atoms with Crippen molar-refractivity contribution < 1.29 is 24.5 Å². The van der Waals surface area contributed by atoms with Gasteiger partial charge in [0.15, 0.2) is 17.9 Å². The summed E-state index contributed by atoms with van der Waals surface area (Å²) in [6.07, 6.45) is 0.234. The van der Waals surface area contributed by atoms with E-state index in [2.05, 4.69) is 4.74 Å². The van der Waals surface area contributed by atoms with E-state index in [9.17, 15) is 19.8 Å². The van der Waals surface area contributed by atoms with Gasteiger partial charge in [-0.2, -0.15) is 0 Å². The molecule has 100 valence electrons. The number of benzene rings is 1. The Labute approximate surface area is 110 Å². The van der Waals surface area contributed by atoms with Crippen molar-refractivity contribution in [3.8, 4) is 0 Å². The molecule has 0 saturated carbocycles. The van der Waals surface area contributed by atoms with E-state index >= 15 is 0 Å². The molecule has 19 heavy (non-hydrogen) atoms. The minimum absolute atomic E-state index is 0.132. The first-order valence-corrected chi connectivity index (χ1v) is 5.81. The Morgan fingerprint density at radius 1 is 1.11 bits per heavy atom. The fraction of sp³-hybridized carbons (Fsp3) is 0.286. The van der Waals surface area contributed by atoms with Gasteiger partial charge in [-0.15, -0.1) is 0 Å². The summed E-state index contributed by atoms with van der Waals surface area (Å²) in [6.45, 7) is 0. The Morgan fingerprint density at radius 3 is 2.37 bits per heavy atom. The van der Waals surface area contributed by atoms with Gasteiger partial charge < -0.3 is 14.9 Å². The first-order chi connectivity index (χ1) is 9.02. The van der Waals surface area contributed by atoms with Gasteiger partial charge >= 0.3 is 0 Å². The highest BCUT2D eigenvalue weighted by molar-refractivity contribution is 6.22. The van der Waals surface area contributed by atoms with E-state index in [1.54, 1.807) is 18.2 Å². The second-order valence-corrected chi connectivity index (χ2v) is 4.34. The molecular formula is C14H14O5. The van der Waals surface area contributed by atoms with Gasteiger partial charge in [-0.25, -0.2) is 0 Å². The molecule has 0 saturated heterocycles. The van der Waals surface area contributed by atoms with Crippen LogP contribution in [0.2, 0.25) is 0 Å². The summed E-state index contributed by atoms with van der Waals surface area (Å²) in [5.41, 5.74) is 1.33. The highest BCUT2D eigenvalue weighted by Gasteiger charge is 2.21. The molecule has 0 fully saturated rings. The van der Waals surface area contributed by atoms with E-state index in [4.69, 9.17) is 0 Å². The molecule has 2 unspecified atom stereocenters. The van der Waals surface area contributed by atoms with Crippen LogP contribution in [0.25, 0.3) is 0 Å². The van der Waals surface area contributed by atoms with Crippen LogP contribution in [0.4, 0.5) is 0 Å². The molecule has 1 aromatic rings. The zero-order valence-electron chi connectivity index (χ0n) is 10.4. The zero-order valence-corrected chi connectivity index (χ0v) is 10.4. The Bertz CT molecular complexity index is 547. The van der Waals surface area contributed by atoms with Crippen molar-refractivity contribution >= 4 is 11.6 Å². The van der Waals surface area contributed by atoms with Crippen LogP contribution in [0.1, 0.15) is 26.3 Å². The fourth-order valence-electron chi connectivity index (χ4n) is 1.97. The van der Waals surface area contributed by atoms with E-state index < -0.39 is 12.4 Å². The average molecular weight is 262 g/mol. The van der Waals surface area contributed by atoms with Crippen LogP contribution in [0.3, 0.4) is 0 Å². The number of carbonyl (C=O) groups is 2. The monoisotopic (exact) mass is 262 g/mol. The first-order valence-electron chi connectivity index (χ1n) is 5.81. The standard InChI is InChI=1S/C14H14O5/c1-19-14(18)13(17)7-8-2-3-9-10(6-8)12(16)5-4-11(9)15/h2-6,13-14,17-18H,7H2,1H3. The number of carbonyl (C=O) groups excluding carboxylic acids is 2. The lowest BCUT2D eigenvalue weighted by Crippen LogP contribution is -2.29. The van der Waals surface area contributed by atoms with Gasteiger partial charge in [0, 0.05) is 24.7 Å². The van der Waals surface area contributed by atoms with Gasteiger partial charge in [0.25, 0.3) is 0 Å². The minimum atomic E-state index is -1.28. The van der Waals surface area contributed by atoms with Crippen LogP contribution in [0, 0.1) is 0 Å². The molecule has 1 aromatic carbocycles. The number of allylic oxidation sites excluding steroid dienone is 2. The van der Waals surface area contributed by atoms with Crippen molar-refractivity contribution in [2.45, 2.75) is 18.8 Å². The number of ketones is 2. The predicted octanol–water partition coefficient (Wildman–Crippen LogP) is 0.490. The third kappa shape index (κ3) is 2.78. The van der Waals surface area contributed by atoms with Crippen LogP contribution in [-0.4, -0.2) is 41.3 Å². The Hall–Kier alpha value is -1.82. The van der Waals surface area contributed by atoms with E-state index in [1.165, 1.54) is 19.3 Å². The summed E-state index contributed by atoms with van der Waals surface area (Å²) >= 11 is 0. The van der Waals surface area contributed by atoms with Crippen LogP contribution < -0.4 is 0 Å². The fourth-order valence-corrected chi connectivity index (χ4v) is 1.97. The lowest BCUT2D eigenvalue weighted by molar-refractivity contribution is -0.143. The molecule has 0 amide bonds. The Balaban J connectivity index is 2.25. The maximum absolute atomic E-state index is 11.7. The molecule has 0 spiro atoms. The van der Waals surface area contributed by atoms with Crippen molar-refractivity contribution in [3.63, 3.8) is 0 Å². The van der Waals surface area contributed by atoms with Crippen molar-refractivity contribution in [2.75, 3.05) is 7.11 Å². The average Bonchev–Trinajstić information content (AvgIpc) is 2.42. The second-order valence-electron chi connectivity index (χ2n) is 4.34.